The van der Waals surface area contributed by atoms with E-state index in [0.717, 1.165) is 82.6 Å². The predicted molar refractivity (Wildman–Crippen MR) is 122 cm³/mol. The van der Waals surface area contributed by atoms with Gasteiger partial charge in [0.05, 0.1) is 19.8 Å². The van der Waals surface area contributed by atoms with Crippen molar-refractivity contribution in [2.24, 2.45) is 16.6 Å². The topological polar surface area (TPSA) is 92.4 Å². The number of likely N-dealkylation sites (tertiary alicyclic amines) is 1. The van der Waals surface area contributed by atoms with Crippen molar-refractivity contribution in [3.8, 4) is 5.75 Å². The Kier molecular flexibility index (Phi) is 9.42. The van der Waals surface area contributed by atoms with Crippen LogP contribution >= 0.6 is 0 Å². The lowest BCUT2D eigenvalue weighted by atomic mass is 9.95. The number of nitrogens with two attached hydrogens (primary N) is 1. The number of nitrogens with zero attached hydrogens (tertiary/aromatic N) is 3. The van der Waals surface area contributed by atoms with Gasteiger partial charge in [0.1, 0.15) is 12.4 Å². The quantitative estimate of drug-likeness (QED) is 0.454. The minimum atomic E-state index is -0.223. The monoisotopic (exact) mass is 431 g/mol. The molecule has 0 bridgehead atoms. The molecule has 2 fully saturated rings. The normalized spacial score (nSPS) is 20.5. The molecule has 3 rings (SSSR count). The molecule has 1 aromatic carbocycles. The summed E-state index contributed by atoms with van der Waals surface area (Å²) in [6.07, 6.45) is 2.54. The smallest absolute Gasteiger partial charge is 0.217 e. The number of aliphatic imine (C=N–C) groups is 1. The first-order valence-electron chi connectivity index (χ1n) is 11.5. The van der Waals surface area contributed by atoms with Gasteiger partial charge in [-0.25, -0.2) is 4.99 Å². The van der Waals surface area contributed by atoms with Gasteiger partial charge in [-0.05, 0) is 43.4 Å². The van der Waals surface area contributed by atoms with Crippen LogP contribution in [0.3, 0.4) is 0 Å². The van der Waals surface area contributed by atoms with E-state index in [2.05, 4.69) is 34.2 Å². The molecular formula is C23H37N5O3. The fourth-order valence-corrected chi connectivity index (χ4v) is 4.15. The number of hydrogen-bond donors (Lipinski definition) is 2. The molecule has 1 unspecified atom stereocenters. The molecule has 1 aromatic rings. The van der Waals surface area contributed by atoms with Crippen molar-refractivity contribution in [3.63, 3.8) is 0 Å². The molecule has 8 nitrogen and oxygen atoms in total. The Labute approximate surface area is 185 Å². The van der Waals surface area contributed by atoms with Crippen LogP contribution < -0.4 is 15.8 Å². The van der Waals surface area contributed by atoms with Crippen LogP contribution in [0.1, 0.15) is 31.7 Å². The average Bonchev–Trinajstić information content (AvgIpc) is 2.77. The van der Waals surface area contributed by atoms with Crippen molar-refractivity contribution in [2.45, 2.75) is 32.7 Å². The lowest BCUT2D eigenvalue weighted by Crippen LogP contribution is -2.47. The number of hydrogen-bond acceptors (Lipinski definition) is 5. The van der Waals surface area contributed by atoms with E-state index in [1.807, 2.05) is 12.1 Å². The number of primary amides is 1. The highest BCUT2D eigenvalue weighted by atomic mass is 16.5. The summed E-state index contributed by atoms with van der Waals surface area (Å²) in [5.74, 6) is 1.86. The van der Waals surface area contributed by atoms with Crippen molar-refractivity contribution in [1.29, 1.82) is 0 Å². The molecule has 0 aliphatic carbocycles. The number of morpholine rings is 1. The summed E-state index contributed by atoms with van der Waals surface area (Å²) in [6.45, 7) is 10.4. The molecule has 8 heteroatoms. The van der Waals surface area contributed by atoms with E-state index in [-0.39, 0.29) is 5.91 Å². The fraction of sp³-hybridized carbons (Fsp3) is 0.652. The third-order valence-electron chi connectivity index (χ3n) is 5.73. The number of carbonyl (C=O) groups excluding carboxylic acids is 1. The van der Waals surface area contributed by atoms with Crippen LogP contribution in [0, 0.1) is 5.92 Å². The van der Waals surface area contributed by atoms with Gasteiger partial charge in [0, 0.05) is 45.7 Å². The lowest BCUT2D eigenvalue weighted by Gasteiger charge is -2.34. The van der Waals surface area contributed by atoms with E-state index in [1.54, 1.807) is 0 Å². The third kappa shape index (κ3) is 8.03. The molecule has 1 amide bonds. The summed E-state index contributed by atoms with van der Waals surface area (Å²) in [5.41, 5.74) is 6.52. The average molecular weight is 432 g/mol. The second-order valence-electron chi connectivity index (χ2n) is 8.24. The first-order chi connectivity index (χ1) is 15.1. The molecule has 2 heterocycles. The van der Waals surface area contributed by atoms with Gasteiger partial charge in [0.15, 0.2) is 5.96 Å². The SMILES string of the molecule is CCNC(=NCc1cccc(OCCN2CCOCC2)c1)N1CCCC(CC(N)=O)C1. The van der Waals surface area contributed by atoms with Crippen molar-refractivity contribution in [2.75, 3.05) is 59.1 Å². The van der Waals surface area contributed by atoms with Crippen molar-refractivity contribution in [3.05, 3.63) is 29.8 Å². The Morgan fingerprint density at radius 1 is 1.32 bits per heavy atom. The molecule has 0 radical (unpaired) electrons. The second-order valence-corrected chi connectivity index (χ2v) is 8.24. The third-order valence-corrected chi connectivity index (χ3v) is 5.73. The highest BCUT2D eigenvalue weighted by Gasteiger charge is 2.23. The highest BCUT2D eigenvalue weighted by Crippen LogP contribution is 2.20. The number of rotatable bonds is 9. The number of guanidine groups is 1. The molecule has 0 aromatic heterocycles. The largest absolute Gasteiger partial charge is 0.492 e. The van der Waals surface area contributed by atoms with Gasteiger partial charge in [0.25, 0.3) is 0 Å². The molecule has 2 aliphatic rings. The first kappa shape index (κ1) is 23.3. The summed E-state index contributed by atoms with van der Waals surface area (Å²) < 4.78 is 11.4. The molecule has 1 atom stereocenters. The van der Waals surface area contributed by atoms with E-state index in [1.165, 1.54) is 0 Å². The fourth-order valence-electron chi connectivity index (χ4n) is 4.15. The van der Waals surface area contributed by atoms with Crippen LogP contribution in [-0.2, 0) is 16.1 Å². The maximum atomic E-state index is 11.3. The molecule has 2 aliphatic heterocycles. The van der Waals surface area contributed by atoms with Gasteiger partial charge in [-0.2, -0.15) is 0 Å². The van der Waals surface area contributed by atoms with E-state index in [9.17, 15) is 4.79 Å². The number of piperidine rings is 1. The Morgan fingerprint density at radius 2 is 2.16 bits per heavy atom. The Bertz CT molecular complexity index is 721. The summed E-state index contributed by atoms with van der Waals surface area (Å²) in [7, 11) is 0. The maximum absolute atomic E-state index is 11.3. The Morgan fingerprint density at radius 3 is 2.94 bits per heavy atom. The number of amides is 1. The summed E-state index contributed by atoms with van der Waals surface area (Å²) in [5, 5.41) is 3.39. The van der Waals surface area contributed by atoms with Gasteiger partial charge < -0.3 is 25.4 Å². The van der Waals surface area contributed by atoms with Crippen LogP contribution in [-0.4, -0.2) is 80.8 Å². The van der Waals surface area contributed by atoms with Gasteiger partial charge in [-0.1, -0.05) is 12.1 Å². The van der Waals surface area contributed by atoms with Crippen LogP contribution in [0.25, 0.3) is 0 Å². The summed E-state index contributed by atoms with van der Waals surface area (Å²) in [4.78, 5) is 20.8. The number of benzene rings is 1. The Balaban J connectivity index is 1.53. The van der Waals surface area contributed by atoms with E-state index < -0.39 is 0 Å². The summed E-state index contributed by atoms with van der Waals surface area (Å²) in [6, 6.07) is 8.16. The minimum Gasteiger partial charge on any atom is -0.492 e. The lowest BCUT2D eigenvalue weighted by molar-refractivity contribution is -0.119. The summed E-state index contributed by atoms with van der Waals surface area (Å²) >= 11 is 0. The standard InChI is InChI=1S/C23H37N5O3/c1-2-25-23(28-8-4-6-20(18-28)16-22(24)29)26-17-19-5-3-7-21(15-19)31-14-11-27-9-12-30-13-10-27/h3,5,7,15,20H,2,4,6,8-14,16-18H2,1H3,(H2,24,29)(H,25,26). The number of carbonyl (C=O) groups is 1. The van der Waals surface area contributed by atoms with Crippen LogP contribution in [0.5, 0.6) is 5.75 Å². The van der Waals surface area contributed by atoms with Crippen LogP contribution in [0.15, 0.2) is 29.3 Å². The zero-order valence-corrected chi connectivity index (χ0v) is 18.7. The predicted octanol–water partition coefficient (Wildman–Crippen LogP) is 1.45. The van der Waals surface area contributed by atoms with Crippen LogP contribution in [0.4, 0.5) is 0 Å². The molecule has 3 N–H and O–H groups in total. The van der Waals surface area contributed by atoms with Crippen molar-refractivity contribution in [1.82, 2.24) is 15.1 Å². The zero-order valence-electron chi connectivity index (χ0n) is 18.7. The van der Waals surface area contributed by atoms with Gasteiger partial charge in [0.2, 0.25) is 5.91 Å². The molecule has 31 heavy (non-hydrogen) atoms. The number of ether oxygens (including phenoxy) is 2. The van der Waals surface area contributed by atoms with Crippen LogP contribution in [0.2, 0.25) is 0 Å². The van der Waals surface area contributed by atoms with Crippen molar-refractivity contribution >= 4 is 11.9 Å². The second kappa shape index (κ2) is 12.5. The zero-order chi connectivity index (χ0) is 21.9. The first-order valence-corrected chi connectivity index (χ1v) is 11.5. The van der Waals surface area contributed by atoms with E-state index in [0.29, 0.717) is 25.5 Å². The maximum Gasteiger partial charge on any atom is 0.217 e. The van der Waals surface area contributed by atoms with E-state index in [4.69, 9.17) is 20.2 Å². The van der Waals surface area contributed by atoms with Crippen molar-refractivity contribution < 1.29 is 14.3 Å². The highest BCUT2D eigenvalue weighted by molar-refractivity contribution is 5.80. The van der Waals surface area contributed by atoms with Gasteiger partial charge in [-0.15, -0.1) is 0 Å². The molecule has 2 saturated heterocycles. The Hall–Kier alpha value is -2.32. The molecular weight excluding hydrogens is 394 g/mol. The molecule has 0 spiro atoms. The van der Waals surface area contributed by atoms with Gasteiger partial charge >= 0.3 is 0 Å². The van der Waals surface area contributed by atoms with Gasteiger partial charge in [-0.3, -0.25) is 9.69 Å². The molecule has 172 valence electrons. The molecule has 0 saturated carbocycles. The van der Waals surface area contributed by atoms with E-state index >= 15 is 0 Å². The minimum absolute atomic E-state index is 0.223. The number of nitrogens with one attached hydrogen (secondary N) is 1.